The van der Waals surface area contributed by atoms with Crippen molar-refractivity contribution in [3.05, 3.63) is 54.4 Å². The van der Waals surface area contributed by atoms with Gasteiger partial charge in [-0.15, -0.1) is 0 Å². The molecule has 1 atom stereocenters. The zero-order chi connectivity index (χ0) is 15.5. The van der Waals surface area contributed by atoms with Crippen LogP contribution in [0.3, 0.4) is 0 Å². The van der Waals surface area contributed by atoms with Crippen LogP contribution in [0.25, 0.3) is 6.20 Å². The van der Waals surface area contributed by atoms with Gasteiger partial charge in [-0.05, 0) is 24.6 Å². The van der Waals surface area contributed by atoms with Crippen molar-refractivity contribution in [3.63, 3.8) is 0 Å². The van der Waals surface area contributed by atoms with Crippen LogP contribution in [0.4, 0.5) is 0 Å². The molecule has 7 heteroatoms. The van der Waals surface area contributed by atoms with Crippen LogP contribution in [-0.4, -0.2) is 18.2 Å². The molecular weight excluding hydrogens is 288 g/mol. The molecule has 0 saturated carbocycles. The summed E-state index contributed by atoms with van der Waals surface area (Å²) in [5, 5.41) is 12.5. The summed E-state index contributed by atoms with van der Waals surface area (Å²) in [6.07, 6.45) is 5.28. The summed E-state index contributed by atoms with van der Waals surface area (Å²) in [4.78, 5) is 0.116. The minimum absolute atomic E-state index is 0.0756. The van der Waals surface area contributed by atoms with E-state index in [-0.39, 0.29) is 10.9 Å². The minimum Gasteiger partial charge on any atom is -0.306 e. The van der Waals surface area contributed by atoms with Crippen LogP contribution in [-0.2, 0) is 16.6 Å². The molecule has 6 nitrogen and oxygen atoms in total. The lowest BCUT2D eigenvalue weighted by Crippen LogP contribution is -2.18. The normalized spacial score (nSPS) is 13.0. The first-order chi connectivity index (χ1) is 9.90. The molecule has 0 fully saturated rings. The Morgan fingerprint density at radius 2 is 2.10 bits per heavy atom. The zero-order valence-corrected chi connectivity index (χ0v) is 12.5. The smallest absolute Gasteiger partial charge is 0.238 e. The van der Waals surface area contributed by atoms with Gasteiger partial charge in [0.2, 0.25) is 10.0 Å². The Morgan fingerprint density at radius 1 is 1.43 bits per heavy atom. The van der Waals surface area contributed by atoms with Gasteiger partial charge in [-0.25, -0.2) is 18.2 Å². The maximum absolute atomic E-state index is 11.2. The van der Waals surface area contributed by atoms with E-state index in [1.54, 1.807) is 29.2 Å². The van der Waals surface area contributed by atoms with E-state index in [0.717, 1.165) is 11.1 Å². The van der Waals surface area contributed by atoms with Crippen molar-refractivity contribution in [2.24, 2.45) is 5.14 Å². The van der Waals surface area contributed by atoms with Crippen LogP contribution >= 0.6 is 0 Å². The SMILES string of the molecule is C=Cn1cc(CNC(C)c2ccc(S(N)(=O)=O)cc2)cn1. The number of nitrogens with zero attached hydrogens (tertiary/aromatic N) is 2. The molecule has 0 bridgehead atoms. The molecule has 1 heterocycles. The highest BCUT2D eigenvalue weighted by Gasteiger charge is 2.10. The summed E-state index contributed by atoms with van der Waals surface area (Å²) >= 11 is 0. The molecule has 0 amide bonds. The van der Waals surface area contributed by atoms with Gasteiger partial charge in [0.1, 0.15) is 0 Å². The molecule has 0 radical (unpaired) electrons. The molecule has 2 rings (SSSR count). The van der Waals surface area contributed by atoms with E-state index in [1.807, 2.05) is 13.1 Å². The average molecular weight is 306 g/mol. The van der Waals surface area contributed by atoms with Gasteiger partial charge in [0.25, 0.3) is 0 Å². The maximum atomic E-state index is 11.2. The van der Waals surface area contributed by atoms with Crippen molar-refractivity contribution in [2.45, 2.75) is 24.4 Å². The second-order valence-electron chi connectivity index (χ2n) is 4.73. The zero-order valence-electron chi connectivity index (χ0n) is 11.7. The number of hydrogen-bond donors (Lipinski definition) is 2. The molecule has 1 unspecified atom stereocenters. The summed E-state index contributed by atoms with van der Waals surface area (Å²) in [5.74, 6) is 0. The van der Waals surface area contributed by atoms with Gasteiger partial charge in [-0.2, -0.15) is 5.10 Å². The quantitative estimate of drug-likeness (QED) is 0.846. The molecule has 0 aliphatic rings. The molecule has 112 valence electrons. The Hall–Kier alpha value is -1.96. The predicted octanol–water partition coefficient (Wildman–Crippen LogP) is 1.48. The van der Waals surface area contributed by atoms with Crippen molar-refractivity contribution in [3.8, 4) is 0 Å². The van der Waals surface area contributed by atoms with E-state index >= 15 is 0 Å². The van der Waals surface area contributed by atoms with Crippen molar-refractivity contribution >= 4 is 16.2 Å². The van der Waals surface area contributed by atoms with Crippen LogP contribution in [0.5, 0.6) is 0 Å². The molecule has 21 heavy (non-hydrogen) atoms. The third-order valence-corrected chi connectivity index (χ3v) is 4.09. The Bertz CT molecular complexity index is 720. The highest BCUT2D eigenvalue weighted by atomic mass is 32.2. The predicted molar refractivity (Wildman–Crippen MR) is 81.7 cm³/mol. The number of hydrogen-bond acceptors (Lipinski definition) is 4. The van der Waals surface area contributed by atoms with E-state index in [2.05, 4.69) is 17.0 Å². The fourth-order valence-corrected chi connectivity index (χ4v) is 2.42. The van der Waals surface area contributed by atoms with Gasteiger partial charge >= 0.3 is 0 Å². The maximum Gasteiger partial charge on any atom is 0.238 e. The standard InChI is InChI=1S/C14H18N4O2S/c1-3-18-10-12(9-17-18)8-16-11(2)13-4-6-14(7-5-13)21(15,19)20/h3-7,9-11,16H,1,8H2,2H3,(H2,15,19,20). The fraction of sp³-hybridized carbons (Fsp3) is 0.214. The van der Waals surface area contributed by atoms with Crippen molar-refractivity contribution in [1.82, 2.24) is 15.1 Å². The Labute approximate surface area is 124 Å². The molecule has 0 aliphatic heterocycles. The largest absolute Gasteiger partial charge is 0.306 e. The van der Waals surface area contributed by atoms with Gasteiger partial charge in [0.05, 0.1) is 11.1 Å². The lowest BCUT2D eigenvalue weighted by atomic mass is 10.1. The van der Waals surface area contributed by atoms with E-state index in [9.17, 15) is 8.42 Å². The third kappa shape index (κ3) is 4.01. The molecule has 0 saturated heterocycles. The highest BCUT2D eigenvalue weighted by Crippen LogP contribution is 2.16. The van der Waals surface area contributed by atoms with Gasteiger partial charge in [0, 0.05) is 30.5 Å². The number of benzene rings is 1. The van der Waals surface area contributed by atoms with Gasteiger partial charge in [0.15, 0.2) is 0 Å². The molecule has 1 aromatic carbocycles. The molecule has 3 N–H and O–H groups in total. The number of rotatable bonds is 6. The lowest BCUT2D eigenvalue weighted by Gasteiger charge is -2.13. The Kier molecular flexibility index (Phi) is 4.56. The number of nitrogens with one attached hydrogen (secondary N) is 1. The Morgan fingerprint density at radius 3 is 2.62 bits per heavy atom. The first-order valence-electron chi connectivity index (χ1n) is 6.42. The molecule has 2 aromatic rings. The number of primary sulfonamides is 1. The van der Waals surface area contributed by atoms with Crippen LogP contribution in [0, 0.1) is 0 Å². The molecule has 1 aromatic heterocycles. The summed E-state index contributed by atoms with van der Waals surface area (Å²) in [6.45, 7) is 6.30. The van der Waals surface area contributed by atoms with Crippen molar-refractivity contribution in [1.29, 1.82) is 0 Å². The summed E-state index contributed by atoms with van der Waals surface area (Å²) in [6, 6.07) is 6.61. The summed E-state index contributed by atoms with van der Waals surface area (Å²) in [5.41, 5.74) is 2.03. The topological polar surface area (TPSA) is 90.0 Å². The second-order valence-corrected chi connectivity index (χ2v) is 6.29. The summed E-state index contributed by atoms with van der Waals surface area (Å²) in [7, 11) is -3.64. The summed E-state index contributed by atoms with van der Waals surface area (Å²) < 4.78 is 24.0. The first-order valence-corrected chi connectivity index (χ1v) is 7.96. The lowest BCUT2D eigenvalue weighted by molar-refractivity contribution is 0.573. The average Bonchev–Trinajstić information content (AvgIpc) is 2.92. The van der Waals surface area contributed by atoms with E-state index in [0.29, 0.717) is 6.54 Å². The van der Waals surface area contributed by atoms with Crippen LogP contribution < -0.4 is 10.5 Å². The number of nitrogens with two attached hydrogens (primary N) is 1. The minimum atomic E-state index is -3.64. The first kappa shape index (κ1) is 15.4. The fourth-order valence-electron chi connectivity index (χ4n) is 1.90. The molecule has 0 aliphatic carbocycles. The second kappa shape index (κ2) is 6.21. The van der Waals surface area contributed by atoms with Crippen LogP contribution in [0.2, 0.25) is 0 Å². The van der Waals surface area contributed by atoms with Crippen molar-refractivity contribution in [2.75, 3.05) is 0 Å². The molecular formula is C14H18N4O2S. The van der Waals surface area contributed by atoms with E-state index in [1.165, 1.54) is 12.1 Å². The van der Waals surface area contributed by atoms with Gasteiger partial charge in [-0.1, -0.05) is 18.7 Å². The van der Waals surface area contributed by atoms with Gasteiger partial charge in [-0.3, -0.25) is 0 Å². The Balaban J connectivity index is 2.00. The van der Waals surface area contributed by atoms with E-state index < -0.39 is 10.0 Å². The van der Waals surface area contributed by atoms with E-state index in [4.69, 9.17) is 5.14 Å². The third-order valence-electron chi connectivity index (χ3n) is 3.16. The van der Waals surface area contributed by atoms with Gasteiger partial charge < -0.3 is 5.32 Å². The highest BCUT2D eigenvalue weighted by molar-refractivity contribution is 7.89. The van der Waals surface area contributed by atoms with Crippen molar-refractivity contribution < 1.29 is 8.42 Å². The van der Waals surface area contributed by atoms with Crippen LogP contribution in [0.1, 0.15) is 24.1 Å². The number of aromatic nitrogens is 2. The monoisotopic (exact) mass is 306 g/mol. The number of sulfonamides is 1. The van der Waals surface area contributed by atoms with Crippen LogP contribution in [0.15, 0.2) is 48.1 Å². The molecule has 0 spiro atoms.